The predicted octanol–water partition coefficient (Wildman–Crippen LogP) is 5.17. The Balaban J connectivity index is 4.22. The van der Waals surface area contributed by atoms with E-state index >= 15 is 0 Å². The first-order valence-electron chi connectivity index (χ1n) is 11.9. The number of aliphatic hydroxyl groups excluding tert-OH is 1. The minimum atomic E-state index is -2.05. The average molecular weight is 441 g/mol. The lowest BCUT2D eigenvalue weighted by molar-refractivity contribution is -0.875. The number of carbonyl (C=O) groups excluding carboxylic acids is 1. The van der Waals surface area contributed by atoms with E-state index in [1.54, 1.807) is 21.1 Å². The lowest BCUT2D eigenvalue weighted by Crippen LogP contribution is -2.54. The third-order valence-corrected chi connectivity index (χ3v) is 5.18. The highest BCUT2D eigenvalue weighted by atomic mass is 16.4. The Morgan fingerprint density at radius 3 is 1.77 bits per heavy atom. The summed E-state index contributed by atoms with van der Waals surface area (Å²) in [6.07, 6.45) is 18.3. The van der Waals surface area contributed by atoms with Crippen molar-refractivity contribution >= 4 is 11.8 Å². The maximum Gasteiger partial charge on any atom is 0.307 e. The highest BCUT2D eigenvalue weighted by molar-refractivity contribution is 5.99. The van der Waals surface area contributed by atoms with Crippen LogP contribution in [-0.4, -0.2) is 64.8 Å². The molecule has 0 saturated heterocycles. The van der Waals surface area contributed by atoms with Crippen LogP contribution in [0.25, 0.3) is 0 Å². The molecule has 0 spiro atoms. The van der Waals surface area contributed by atoms with Gasteiger partial charge in [-0.3, -0.25) is 9.59 Å². The Morgan fingerprint density at radius 2 is 1.32 bits per heavy atom. The Morgan fingerprint density at radius 1 is 0.839 bits per heavy atom. The van der Waals surface area contributed by atoms with Gasteiger partial charge in [-0.1, -0.05) is 77.2 Å². The smallest absolute Gasteiger partial charge is 0.307 e. The number of unbranched alkanes of at least 4 members (excludes halogenated alkanes) is 11. The van der Waals surface area contributed by atoms with Gasteiger partial charge in [-0.15, -0.1) is 0 Å². The van der Waals surface area contributed by atoms with Crippen molar-refractivity contribution in [1.82, 2.24) is 0 Å². The van der Waals surface area contributed by atoms with Gasteiger partial charge in [0.1, 0.15) is 12.3 Å². The predicted molar refractivity (Wildman–Crippen MR) is 126 cm³/mol. The Hall–Kier alpha value is -1.66. The average Bonchev–Trinajstić information content (AvgIpc) is 2.63. The van der Waals surface area contributed by atoms with E-state index in [-0.39, 0.29) is 16.8 Å². The van der Waals surface area contributed by atoms with Crippen molar-refractivity contribution in [2.75, 3.05) is 27.7 Å². The number of carbonyl (C=O) groups is 2. The van der Waals surface area contributed by atoms with Crippen LogP contribution in [0.5, 0.6) is 0 Å². The first kappa shape index (κ1) is 29.3. The van der Waals surface area contributed by atoms with Crippen LogP contribution in [-0.2, 0) is 9.59 Å². The SMILES string of the molecule is CCCCCCCCCCCCCC=CC(O)=CC(=O)C(O)(CC(=O)O)C[N+](C)(C)C. The summed E-state index contributed by atoms with van der Waals surface area (Å²) in [6.45, 7) is 2.17. The van der Waals surface area contributed by atoms with Crippen LogP contribution >= 0.6 is 0 Å². The number of ketones is 1. The molecule has 0 aliphatic carbocycles. The van der Waals surface area contributed by atoms with Crippen molar-refractivity contribution < 1.29 is 29.4 Å². The van der Waals surface area contributed by atoms with Gasteiger partial charge in [0, 0.05) is 6.08 Å². The molecule has 0 fully saturated rings. The normalized spacial score (nSPS) is 14.7. The second-order valence-electron chi connectivity index (χ2n) is 9.71. The number of carboxylic acids is 1. The van der Waals surface area contributed by atoms with Crippen LogP contribution in [0.3, 0.4) is 0 Å². The van der Waals surface area contributed by atoms with E-state index in [1.165, 1.54) is 63.9 Å². The van der Waals surface area contributed by atoms with Gasteiger partial charge in [-0.2, -0.15) is 0 Å². The monoisotopic (exact) mass is 440 g/mol. The van der Waals surface area contributed by atoms with Crippen LogP contribution in [0, 0.1) is 0 Å². The summed E-state index contributed by atoms with van der Waals surface area (Å²) in [5.41, 5.74) is -2.05. The molecule has 3 N–H and O–H groups in total. The number of aliphatic hydroxyl groups is 2. The highest BCUT2D eigenvalue weighted by Crippen LogP contribution is 2.18. The number of carboxylic acid groups (broad SMARTS) is 1. The van der Waals surface area contributed by atoms with Gasteiger partial charge in [0.15, 0.2) is 11.4 Å². The lowest BCUT2D eigenvalue weighted by atomic mass is 9.92. The first-order chi connectivity index (χ1) is 14.5. The van der Waals surface area contributed by atoms with Crippen LogP contribution in [0.15, 0.2) is 24.0 Å². The summed E-state index contributed by atoms with van der Waals surface area (Å²) in [5.74, 6) is -2.32. The van der Waals surface area contributed by atoms with E-state index in [0.717, 1.165) is 25.3 Å². The molecule has 0 saturated carbocycles. The summed E-state index contributed by atoms with van der Waals surface area (Å²) in [4.78, 5) is 23.5. The molecule has 0 aliphatic heterocycles. The maximum absolute atomic E-state index is 12.4. The fourth-order valence-corrected chi connectivity index (χ4v) is 3.70. The zero-order chi connectivity index (χ0) is 23.8. The molecule has 6 nitrogen and oxygen atoms in total. The van der Waals surface area contributed by atoms with Crippen LogP contribution in [0.1, 0.15) is 90.4 Å². The minimum Gasteiger partial charge on any atom is -0.508 e. The van der Waals surface area contributed by atoms with Crippen molar-refractivity contribution in [3.05, 3.63) is 24.0 Å². The van der Waals surface area contributed by atoms with Crippen molar-refractivity contribution in [1.29, 1.82) is 0 Å². The fraction of sp³-hybridized carbons (Fsp3) is 0.760. The van der Waals surface area contributed by atoms with Gasteiger partial charge in [-0.05, 0) is 18.9 Å². The summed E-state index contributed by atoms with van der Waals surface area (Å²) in [5, 5.41) is 29.6. The van der Waals surface area contributed by atoms with Gasteiger partial charge in [-0.25, -0.2) is 0 Å². The van der Waals surface area contributed by atoms with E-state index < -0.39 is 23.8 Å². The highest BCUT2D eigenvalue weighted by Gasteiger charge is 2.42. The zero-order valence-corrected chi connectivity index (χ0v) is 20.2. The summed E-state index contributed by atoms with van der Waals surface area (Å²) in [6, 6.07) is 0. The van der Waals surface area contributed by atoms with E-state index in [1.807, 2.05) is 6.08 Å². The largest absolute Gasteiger partial charge is 0.508 e. The van der Waals surface area contributed by atoms with Crippen molar-refractivity contribution in [2.45, 2.75) is 96.0 Å². The van der Waals surface area contributed by atoms with Gasteiger partial charge < -0.3 is 19.8 Å². The second-order valence-corrected chi connectivity index (χ2v) is 9.71. The first-order valence-corrected chi connectivity index (χ1v) is 11.9. The Labute approximate surface area is 189 Å². The molecule has 1 unspecified atom stereocenters. The number of rotatable bonds is 19. The zero-order valence-electron chi connectivity index (χ0n) is 20.2. The molecule has 1 atom stereocenters. The molecule has 0 heterocycles. The van der Waals surface area contributed by atoms with E-state index in [0.29, 0.717) is 0 Å². The maximum atomic E-state index is 12.4. The molecule has 180 valence electrons. The molecule has 31 heavy (non-hydrogen) atoms. The second kappa shape index (κ2) is 16.0. The number of aliphatic carboxylic acids is 1. The fourth-order valence-electron chi connectivity index (χ4n) is 3.70. The van der Waals surface area contributed by atoms with Crippen molar-refractivity contribution in [2.24, 2.45) is 0 Å². The number of hydrogen-bond donors (Lipinski definition) is 3. The Bertz CT molecular complexity index is 577. The molecule has 0 aromatic rings. The molecule has 0 aliphatic rings. The van der Waals surface area contributed by atoms with E-state index in [2.05, 4.69) is 6.92 Å². The van der Waals surface area contributed by atoms with E-state index in [9.17, 15) is 19.8 Å². The molecule has 0 bridgehead atoms. The molecular weight excluding hydrogens is 394 g/mol. The third-order valence-electron chi connectivity index (χ3n) is 5.18. The van der Waals surface area contributed by atoms with Gasteiger partial charge >= 0.3 is 5.97 Å². The lowest BCUT2D eigenvalue weighted by Gasteiger charge is -2.33. The van der Waals surface area contributed by atoms with Gasteiger partial charge in [0.05, 0.1) is 27.6 Å². The summed E-state index contributed by atoms with van der Waals surface area (Å²) in [7, 11) is 5.28. The van der Waals surface area contributed by atoms with Crippen LogP contribution in [0.4, 0.5) is 0 Å². The number of quaternary nitrogens is 1. The number of nitrogens with zero attached hydrogens (tertiary/aromatic N) is 1. The van der Waals surface area contributed by atoms with Crippen molar-refractivity contribution in [3.63, 3.8) is 0 Å². The third kappa shape index (κ3) is 16.7. The molecule has 0 amide bonds. The van der Waals surface area contributed by atoms with Gasteiger partial charge in [0.2, 0.25) is 0 Å². The van der Waals surface area contributed by atoms with Crippen LogP contribution in [0.2, 0.25) is 0 Å². The van der Waals surface area contributed by atoms with Crippen molar-refractivity contribution in [3.8, 4) is 0 Å². The molecule has 0 radical (unpaired) electrons. The van der Waals surface area contributed by atoms with Crippen LogP contribution < -0.4 is 0 Å². The number of hydrogen-bond acceptors (Lipinski definition) is 4. The Kier molecular flexibility index (Phi) is 15.2. The van der Waals surface area contributed by atoms with Gasteiger partial charge in [0.25, 0.3) is 0 Å². The molecule has 0 rings (SSSR count). The summed E-state index contributed by atoms with van der Waals surface area (Å²) < 4.78 is 0.221. The molecule has 0 aromatic carbocycles. The molecule has 0 aromatic heterocycles. The topological polar surface area (TPSA) is 94.8 Å². The minimum absolute atomic E-state index is 0.0651. The molecule has 6 heteroatoms. The standard InChI is InChI=1S/C25H45NO5/c1-5-6-7-8-9-10-11-12-13-14-15-16-17-18-22(27)19-23(28)25(31,20-24(29)30)21-26(2,3)4/h17-19,31H,5-16,20-21H2,1-4H3,(H-,27,28,29,30)/p+1. The number of allylic oxidation sites excluding steroid dienone is 2. The summed E-state index contributed by atoms with van der Waals surface area (Å²) >= 11 is 0. The number of likely N-dealkylation sites (N-methyl/N-ethyl adjacent to an activating group) is 1. The molecular formula is C25H46NO5+. The van der Waals surface area contributed by atoms with E-state index in [4.69, 9.17) is 5.11 Å². The quantitative estimate of drug-likeness (QED) is 0.0847.